The number of benzene rings is 2. The maximum atomic E-state index is 12.5. The van der Waals surface area contributed by atoms with Gasteiger partial charge in [-0.3, -0.25) is 14.4 Å². The summed E-state index contributed by atoms with van der Waals surface area (Å²) in [6.45, 7) is 0.343. The van der Waals surface area contributed by atoms with Gasteiger partial charge in [0, 0.05) is 30.5 Å². The van der Waals surface area contributed by atoms with Crippen LogP contribution in [0.15, 0.2) is 53.4 Å². The number of primary amides is 1. The van der Waals surface area contributed by atoms with Crippen LogP contribution in [0.25, 0.3) is 0 Å². The van der Waals surface area contributed by atoms with Gasteiger partial charge >= 0.3 is 0 Å². The smallest absolute Gasteiger partial charge is 0.248 e. The lowest BCUT2D eigenvalue weighted by Gasteiger charge is -2.25. The fraction of sp³-hybridized carbons (Fsp3) is 0.211. The first kappa shape index (κ1) is 18.0. The van der Waals surface area contributed by atoms with Crippen LogP contribution in [0, 0.1) is 0 Å². The zero-order valence-electron chi connectivity index (χ0n) is 14.3. The molecule has 26 heavy (non-hydrogen) atoms. The number of hydrogen-bond acceptors (Lipinski definition) is 4. The van der Waals surface area contributed by atoms with Crippen molar-refractivity contribution in [2.24, 2.45) is 5.73 Å². The summed E-state index contributed by atoms with van der Waals surface area (Å²) in [6.07, 6.45) is 0.108. The third kappa shape index (κ3) is 4.05. The molecule has 1 aliphatic heterocycles. The van der Waals surface area contributed by atoms with Gasteiger partial charge in [0.05, 0.1) is 10.9 Å². The van der Waals surface area contributed by atoms with Crippen molar-refractivity contribution in [3.63, 3.8) is 0 Å². The molecule has 0 saturated carbocycles. The Bertz CT molecular complexity index is 869. The van der Waals surface area contributed by atoms with Crippen LogP contribution in [0.5, 0.6) is 0 Å². The van der Waals surface area contributed by atoms with E-state index in [0.717, 1.165) is 16.1 Å². The van der Waals surface area contributed by atoms with E-state index in [2.05, 4.69) is 5.32 Å². The number of nitrogens with one attached hydrogen (secondary N) is 1. The highest BCUT2D eigenvalue weighted by Gasteiger charge is 2.29. The lowest BCUT2D eigenvalue weighted by atomic mass is 10.1. The number of hydrogen-bond donors (Lipinski definition) is 2. The molecule has 6 nitrogen and oxygen atoms in total. The first-order valence-corrected chi connectivity index (χ1v) is 9.01. The number of nitrogens with two attached hydrogens (primary N) is 1. The molecule has 3 rings (SSSR count). The van der Waals surface area contributed by atoms with Crippen molar-refractivity contribution in [2.75, 3.05) is 12.4 Å². The second kappa shape index (κ2) is 7.61. The lowest BCUT2D eigenvalue weighted by Crippen LogP contribution is -2.35. The van der Waals surface area contributed by atoms with E-state index in [-0.39, 0.29) is 18.2 Å². The molecule has 0 bridgehead atoms. The molecule has 0 aromatic heterocycles. The summed E-state index contributed by atoms with van der Waals surface area (Å²) in [6, 6.07) is 14.4. The van der Waals surface area contributed by atoms with E-state index in [9.17, 15) is 14.4 Å². The second-order valence-electron chi connectivity index (χ2n) is 6.11. The highest BCUT2D eigenvalue weighted by atomic mass is 32.2. The third-order valence-corrected chi connectivity index (χ3v) is 5.40. The van der Waals surface area contributed by atoms with E-state index in [1.54, 1.807) is 30.1 Å². The average Bonchev–Trinajstić information content (AvgIpc) is 2.62. The summed E-state index contributed by atoms with van der Waals surface area (Å²) < 4.78 is 0. The number of para-hydroxylation sites is 1. The largest absolute Gasteiger partial charge is 0.366 e. The molecule has 0 aliphatic carbocycles. The first-order chi connectivity index (χ1) is 12.4. The minimum atomic E-state index is -0.505. The Labute approximate surface area is 155 Å². The predicted molar refractivity (Wildman–Crippen MR) is 101 cm³/mol. The van der Waals surface area contributed by atoms with Crippen molar-refractivity contribution < 1.29 is 14.4 Å². The Morgan fingerprint density at radius 1 is 1.19 bits per heavy atom. The molecule has 0 radical (unpaired) electrons. The first-order valence-electron chi connectivity index (χ1n) is 8.13. The Balaban J connectivity index is 1.64. The number of thioether (sulfide) groups is 1. The number of fused-ring (bicyclic) bond motifs is 1. The number of anilines is 1. The summed E-state index contributed by atoms with van der Waals surface area (Å²) in [5, 5.41) is 2.38. The summed E-state index contributed by atoms with van der Waals surface area (Å²) in [5.41, 5.74) is 7.28. The van der Waals surface area contributed by atoms with E-state index in [1.807, 2.05) is 30.3 Å². The van der Waals surface area contributed by atoms with Gasteiger partial charge in [-0.2, -0.15) is 0 Å². The number of nitrogens with zero attached hydrogens (tertiary/aromatic N) is 1. The molecule has 2 aromatic rings. The van der Waals surface area contributed by atoms with E-state index >= 15 is 0 Å². The van der Waals surface area contributed by atoms with Crippen LogP contribution in [0.1, 0.15) is 22.3 Å². The van der Waals surface area contributed by atoms with E-state index < -0.39 is 11.2 Å². The van der Waals surface area contributed by atoms with Gasteiger partial charge in [-0.1, -0.05) is 24.3 Å². The maximum absolute atomic E-state index is 12.5. The van der Waals surface area contributed by atoms with Crippen LogP contribution in [0.2, 0.25) is 0 Å². The Kier molecular flexibility index (Phi) is 5.27. The van der Waals surface area contributed by atoms with Crippen molar-refractivity contribution in [2.45, 2.75) is 23.1 Å². The normalized spacial score (nSPS) is 15.7. The van der Waals surface area contributed by atoms with Crippen LogP contribution in [-0.2, 0) is 16.1 Å². The monoisotopic (exact) mass is 369 g/mol. The van der Waals surface area contributed by atoms with Gasteiger partial charge in [-0.25, -0.2) is 0 Å². The molecule has 1 atom stereocenters. The van der Waals surface area contributed by atoms with Crippen LogP contribution >= 0.6 is 11.8 Å². The minimum absolute atomic E-state index is 0.108. The van der Waals surface area contributed by atoms with Gasteiger partial charge in [0.25, 0.3) is 0 Å². The fourth-order valence-electron chi connectivity index (χ4n) is 2.73. The zero-order chi connectivity index (χ0) is 18.7. The van der Waals surface area contributed by atoms with Crippen LogP contribution < -0.4 is 11.1 Å². The molecule has 1 heterocycles. The predicted octanol–water partition coefficient (Wildman–Crippen LogP) is 2.25. The lowest BCUT2D eigenvalue weighted by molar-refractivity contribution is -0.131. The van der Waals surface area contributed by atoms with Crippen molar-refractivity contribution in [3.05, 3.63) is 59.7 Å². The van der Waals surface area contributed by atoms with Gasteiger partial charge in [0.15, 0.2) is 0 Å². The summed E-state index contributed by atoms with van der Waals surface area (Å²) in [5.74, 6) is -0.803. The highest BCUT2D eigenvalue weighted by Crippen LogP contribution is 2.36. The van der Waals surface area contributed by atoms with E-state index in [0.29, 0.717) is 12.1 Å². The molecule has 0 saturated heterocycles. The molecule has 0 spiro atoms. The zero-order valence-corrected chi connectivity index (χ0v) is 15.1. The quantitative estimate of drug-likeness (QED) is 0.845. The summed E-state index contributed by atoms with van der Waals surface area (Å²) in [4.78, 5) is 38.5. The molecule has 134 valence electrons. The molecule has 1 aliphatic rings. The van der Waals surface area contributed by atoms with E-state index in [1.165, 1.54) is 11.8 Å². The maximum Gasteiger partial charge on any atom is 0.248 e. The molecular formula is C19H19N3O3S. The van der Waals surface area contributed by atoms with Crippen LogP contribution in [-0.4, -0.2) is 34.9 Å². The summed E-state index contributed by atoms with van der Waals surface area (Å²) >= 11 is 1.40. The second-order valence-corrected chi connectivity index (χ2v) is 7.36. The average molecular weight is 369 g/mol. The molecule has 3 N–H and O–H groups in total. The van der Waals surface area contributed by atoms with Gasteiger partial charge in [-0.05, 0) is 29.8 Å². The van der Waals surface area contributed by atoms with Crippen molar-refractivity contribution >= 4 is 35.2 Å². The topological polar surface area (TPSA) is 92.5 Å². The number of carbonyl (C=O) groups is 3. The van der Waals surface area contributed by atoms with Crippen LogP contribution in [0.4, 0.5) is 5.69 Å². The van der Waals surface area contributed by atoms with Crippen LogP contribution in [0.3, 0.4) is 0 Å². The molecule has 0 fully saturated rings. The summed E-state index contributed by atoms with van der Waals surface area (Å²) in [7, 11) is 1.68. The number of carbonyl (C=O) groups excluding carboxylic acids is 3. The Morgan fingerprint density at radius 2 is 1.96 bits per heavy atom. The molecule has 7 heteroatoms. The molecule has 2 aromatic carbocycles. The van der Waals surface area contributed by atoms with Gasteiger partial charge in [0.1, 0.15) is 0 Å². The fourth-order valence-corrected chi connectivity index (χ4v) is 3.83. The van der Waals surface area contributed by atoms with Crippen molar-refractivity contribution in [3.8, 4) is 0 Å². The van der Waals surface area contributed by atoms with Gasteiger partial charge in [0.2, 0.25) is 17.7 Å². The van der Waals surface area contributed by atoms with Gasteiger partial charge < -0.3 is 16.0 Å². The Hall–Kier alpha value is -2.80. The van der Waals surface area contributed by atoms with E-state index in [4.69, 9.17) is 5.73 Å². The Morgan fingerprint density at radius 3 is 2.73 bits per heavy atom. The standard InChI is InChI=1S/C19H19N3O3S/c1-22(11-12-5-4-6-13(9-12)18(20)24)17(23)10-16-19(25)21-14-7-2-3-8-15(14)26-16/h2-9,16H,10-11H2,1H3,(H2,20,24)(H,21,25)/t16-/m0/s1. The molecule has 0 unspecified atom stereocenters. The molecule has 3 amide bonds. The third-order valence-electron chi connectivity index (χ3n) is 4.12. The SMILES string of the molecule is CN(Cc1cccc(C(N)=O)c1)C(=O)C[C@@H]1Sc2ccccc2NC1=O. The van der Waals surface area contributed by atoms with Crippen molar-refractivity contribution in [1.29, 1.82) is 0 Å². The number of rotatable bonds is 5. The molecular weight excluding hydrogens is 350 g/mol. The van der Waals surface area contributed by atoms with Gasteiger partial charge in [-0.15, -0.1) is 11.8 Å². The highest BCUT2D eigenvalue weighted by molar-refractivity contribution is 8.01. The minimum Gasteiger partial charge on any atom is -0.366 e. The van der Waals surface area contributed by atoms with Crippen molar-refractivity contribution in [1.82, 2.24) is 4.90 Å². The number of amides is 3.